The molecule has 0 aliphatic rings. The number of ether oxygens (including phenoxy) is 2. The third-order valence-corrected chi connectivity index (χ3v) is 6.93. The number of aliphatic carboxylic acids is 1. The highest BCUT2D eigenvalue weighted by Crippen LogP contribution is 2.31. The molecule has 1 unspecified atom stereocenters. The van der Waals surface area contributed by atoms with Gasteiger partial charge in [0.1, 0.15) is 34.8 Å². The van der Waals surface area contributed by atoms with E-state index in [1.807, 2.05) is 0 Å². The Hall–Kier alpha value is -5.01. The maximum absolute atomic E-state index is 13.8. The van der Waals surface area contributed by atoms with Gasteiger partial charge >= 0.3 is 18.2 Å². The molecule has 0 saturated carbocycles. The van der Waals surface area contributed by atoms with Crippen LogP contribution < -0.4 is 16.0 Å². The monoisotopic (exact) mass is 686 g/mol. The van der Waals surface area contributed by atoms with E-state index in [2.05, 4.69) is 16.0 Å². The zero-order chi connectivity index (χ0) is 37.1. The predicted molar refractivity (Wildman–Crippen MR) is 182 cm³/mol. The molecule has 14 nitrogen and oxygen atoms in total. The highest BCUT2D eigenvalue weighted by atomic mass is 16.6. The van der Waals surface area contributed by atoms with E-state index < -0.39 is 53.3 Å². The Kier molecular flexibility index (Phi) is 14.3. The summed E-state index contributed by atoms with van der Waals surface area (Å²) in [4.78, 5) is 64.1. The Morgan fingerprint density at radius 3 is 1.84 bits per heavy atom. The number of phenolic OH excluding ortho intramolecular Hbond substituents is 2. The number of alkyl carbamates (subject to hydrolysis) is 2. The van der Waals surface area contributed by atoms with Crippen molar-refractivity contribution in [1.82, 2.24) is 20.9 Å². The smallest absolute Gasteiger partial charge is 0.408 e. The molecule has 4 amide bonds. The van der Waals surface area contributed by atoms with E-state index in [4.69, 9.17) is 14.6 Å². The Bertz CT molecular complexity index is 1490. The molecule has 0 fully saturated rings. The van der Waals surface area contributed by atoms with E-state index >= 15 is 0 Å². The second kappa shape index (κ2) is 17.4. The highest BCUT2D eigenvalue weighted by Gasteiger charge is 2.30. The fourth-order valence-electron chi connectivity index (χ4n) is 4.67. The van der Waals surface area contributed by atoms with Gasteiger partial charge in [0, 0.05) is 33.5 Å². The summed E-state index contributed by atoms with van der Waals surface area (Å²) < 4.78 is 10.6. The second-order valence-corrected chi connectivity index (χ2v) is 13.8. The number of carbonyl (C=O) groups excluding carboxylic acids is 4. The number of aromatic hydroxyl groups is 2. The Morgan fingerprint density at radius 2 is 1.31 bits per heavy atom. The van der Waals surface area contributed by atoms with E-state index in [0.29, 0.717) is 23.1 Å². The average molecular weight is 687 g/mol. The van der Waals surface area contributed by atoms with Gasteiger partial charge in [0.2, 0.25) is 11.8 Å². The second-order valence-electron chi connectivity index (χ2n) is 13.8. The van der Waals surface area contributed by atoms with Gasteiger partial charge in [-0.3, -0.25) is 14.4 Å². The van der Waals surface area contributed by atoms with Crippen LogP contribution in [0.15, 0.2) is 36.4 Å². The van der Waals surface area contributed by atoms with Gasteiger partial charge in [-0.25, -0.2) is 9.59 Å². The summed E-state index contributed by atoms with van der Waals surface area (Å²) >= 11 is 0. The number of phenols is 2. The molecule has 49 heavy (non-hydrogen) atoms. The van der Waals surface area contributed by atoms with Crippen LogP contribution in [0.3, 0.4) is 0 Å². The molecule has 0 bridgehead atoms. The van der Waals surface area contributed by atoms with Crippen LogP contribution in [0.5, 0.6) is 11.5 Å². The van der Waals surface area contributed by atoms with Crippen LogP contribution in [0.25, 0.3) is 11.1 Å². The number of carboxylic acids is 1. The predicted octanol–water partition coefficient (Wildman–Crippen LogP) is 4.10. The van der Waals surface area contributed by atoms with Gasteiger partial charge in [-0.2, -0.15) is 0 Å². The van der Waals surface area contributed by atoms with Crippen molar-refractivity contribution in [2.24, 2.45) is 0 Å². The molecule has 2 atom stereocenters. The summed E-state index contributed by atoms with van der Waals surface area (Å²) in [6.07, 6.45) is -1.30. The first-order valence-corrected chi connectivity index (χ1v) is 16.0. The van der Waals surface area contributed by atoms with E-state index in [1.165, 1.54) is 31.1 Å². The van der Waals surface area contributed by atoms with Crippen LogP contribution in [0.4, 0.5) is 9.59 Å². The molecular weight excluding hydrogens is 636 g/mol. The standard InChI is InChI=1S/C35H50N4O10/c1-34(2,3)48-32(46)36-17-9-10-25(31(45)39(7)8)37-30(44)26(38-33(47)49-35(4,5)6)20-24-19-22(12-15-28(24)41)21-11-14-27(40)23(18-21)13-16-29(42)43/h11-12,14-15,18-19,25-26,40-41H,9-10,13,16-17,20H2,1-8H3,(H,36,46)(H,37,44)(H,38,47)(H,42,43)/t25-,26?/m0/s1. The summed E-state index contributed by atoms with van der Waals surface area (Å²) in [5, 5.41) is 38.0. The molecule has 0 aliphatic carbocycles. The maximum Gasteiger partial charge on any atom is 0.408 e. The lowest BCUT2D eigenvalue weighted by molar-refractivity contribution is -0.137. The Labute approximate surface area is 287 Å². The summed E-state index contributed by atoms with van der Waals surface area (Å²) in [6, 6.07) is 7.09. The number of amides is 4. The van der Waals surface area contributed by atoms with Crippen LogP contribution in [0.1, 0.15) is 71.9 Å². The zero-order valence-electron chi connectivity index (χ0n) is 29.5. The number of nitrogens with one attached hydrogen (secondary N) is 3. The molecular formula is C35H50N4O10. The number of likely N-dealkylation sites (N-methyl/N-ethyl adjacent to an activating group) is 1. The number of hydrogen-bond acceptors (Lipinski definition) is 9. The summed E-state index contributed by atoms with van der Waals surface area (Å²) in [6.45, 7) is 10.4. The molecule has 270 valence electrons. The zero-order valence-corrected chi connectivity index (χ0v) is 29.5. The van der Waals surface area contributed by atoms with Crippen LogP contribution in [0.2, 0.25) is 0 Å². The molecule has 0 saturated heterocycles. The number of benzene rings is 2. The molecule has 0 spiro atoms. The van der Waals surface area contributed by atoms with Crippen molar-refractivity contribution in [2.75, 3.05) is 20.6 Å². The highest BCUT2D eigenvalue weighted by molar-refractivity contribution is 5.91. The van der Waals surface area contributed by atoms with E-state index in [0.717, 1.165) is 0 Å². The lowest BCUT2D eigenvalue weighted by atomic mass is 9.96. The molecule has 2 rings (SSSR count). The number of rotatable bonds is 14. The Balaban J connectivity index is 2.35. The van der Waals surface area contributed by atoms with Crippen molar-refractivity contribution in [3.8, 4) is 22.6 Å². The third-order valence-electron chi connectivity index (χ3n) is 6.93. The molecule has 0 heterocycles. The first-order chi connectivity index (χ1) is 22.6. The van der Waals surface area contributed by atoms with E-state index in [-0.39, 0.29) is 49.3 Å². The van der Waals surface area contributed by atoms with Crippen molar-refractivity contribution < 1.29 is 48.8 Å². The SMILES string of the molecule is CN(C)C(=O)[C@H](CCCNC(=O)OC(C)(C)C)NC(=O)C(Cc1cc(-c2ccc(O)c(CCC(=O)O)c2)ccc1O)NC(=O)OC(C)(C)C. The van der Waals surface area contributed by atoms with Gasteiger partial charge in [-0.1, -0.05) is 12.1 Å². The quantitative estimate of drug-likeness (QED) is 0.157. The van der Waals surface area contributed by atoms with Crippen molar-refractivity contribution in [1.29, 1.82) is 0 Å². The molecule has 0 aliphatic heterocycles. The van der Waals surface area contributed by atoms with Crippen molar-refractivity contribution in [3.05, 3.63) is 47.5 Å². The van der Waals surface area contributed by atoms with E-state index in [1.54, 1.807) is 65.8 Å². The minimum absolute atomic E-state index is 0.0512. The first-order valence-electron chi connectivity index (χ1n) is 16.0. The van der Waals surface area contributed by atoms with Gasteiger partial charge in [0.05, 0.1) is 0 Å². The lowest BCUT2D eigenvalue weighted by Gasteiger charge is -2.27. The van der Waals surface area contributed by atoms with Crippen LogP contribution in [-0.2, 0) is 36.7 Å². The number of aryl methyl sites for hydroxylation is 1. The van der Waals surface area contributed by atoms with E-state index in [9.17, 15) is 34.2 Å². The Morgan fingerprint density at radius 1 is 0.776 bits per heavy atom. The van der Waals surface area contributed by atoms with Gasteiger partial charge in [0.25, 0.3) is 0 Å². The minimum Gasteiger partial charge on any atom is -0.508 e. The topological polar surface area (TPSA) is 204 Å². The fraction of sp³-hybridized carbons (Fsp3) is 0.514. The van der Waals surface area contributed by atoms with Crippen LogP contribution in [0, 0.1) is 0 Å². The summed E-state index contributed by atoms with van der Waals surface area (Å²) in [5.41, 5.74) is 0.369. The largest absolute Gasteiger partial charge is 0.508 e. The summed E-state index contributed by atoms with van der Waals surface area (Å²) in [7, 11) is 3.08. The lowest BCUT2D eigenvalue weighted by Crippen LogP contribution is -2.54. The van der Waals surface area contributed by atoms with Gasteiger partial charge in [0.15, 0.2) is 0 Å². The average Bonchev–Trinajstić information content (AvgIpc) is 2.96. The van der Waals surface area contributed by atoms with Crippen molar-refractivity contribution in [2.45, 2.75) is 96.9 Å². The molecule has 6 N–H and O–H groups in total. The molecule has 14 heteroatoms. The molecule has 0 aromatic heterocycles. The number of nitrogens with zero attached hydrogens (tertiary/aromatic N) is 1. The van der Waals surface area contributed by atoms with Gasteiger partial charge in [-0.05, 0) is 107 Å². The molecule has 2 aromatic carbocycles. The number of carbonyl (C=O) groups is 5. The molecule has 2 aromatic rings. The van der Waals surface area contributed by atoms with Crippen molar-refractivity contribution in [3.63, 3.8) is 0 Å². The van der Waals surface area contributed by atoms with Gasteiger partial charge < -0.3 is 45.6 Å². The van der Waals surface area contributed by atoms with Gasteiger partial charge in [-0.15, -0.1) is 0 Å². The summed E-state index contributed by atoms with van der Waals surface area (Å²) in [5.74, 6) is -2.34. The maximum atomic E-state index is 13.8. The van der Waals surface area contributed by atoms with Crippen molar-refractivity contribution >= 4 is 30.0 Å². The first kappa shape index (κ1) is 40.2. The number of carboxylic acid groups (broad SMARTS) is 1. The normalized spacial score (nSPS) is 12.7. The number of hydrogen-bond donors (Lipinski definition) is 6. The third kappa shape index (κ3) is 14.3. The minimum atomic E-state index is -1.29. The van der Waals surface area contributed by atoms with Crippen LogP contribution in [-0.4, -0.2) is 94.1 Å². The van der Waals surface area contributed by atoms with Crippen LogP contribution >= 0.6 is 0 Å². The fourth-order valence-corrected chi connectivity index (χ4v) is 4.67. The molecule has 0 radical (unpaired) electrons.